The first-order valence-corrected chi connectivity index (χ1v) is 21.9. The summed E-state index contributed by atoms with van der Waals surface area (Å²) in [6.45, 7) is 0. The Morgan fingerprint density at radius 1 is 0.333 bits per heavy atom. The van der Waals surface area contributed by atoms with Crippen molar-refractivity contribution in [2.45, 2.75) is 12.3 Å². The second kappa shape index (κ2) is 18.1. The Hall–Kier alpha value is -8.88. The summed E-state index contributed by atoms with van der Waals surface area (Å²) in [6, 6.07) is 50.0. The van der Waals surface area contributed by atoms with Crippen molar-refractivity contribution in [2.75, 3.05) is 0 Å². The molecule has 0 bridgehead atoms. The minimum atomic E-state index is 0.186. The van der Waals surface area contributed by atoms with Crippen LogP contribution >= 0.6 is 0 Å². The van der Waals surface area contributed by atoms with Gasteiger partial charge in [0.25, 0.3) is 0 Å². The predicted molar refractivity (Wildman–Crippen MR) is 263 cm³/mol. The van der Waals surface area contributed by atoms with Crippen LogP contribution in [0.4, 0.5) is 0 Å². The van der Waals surface area contributed by atoms with Gasteiger partial charge in [0, 0.05) is 107 Å². The fourth-order valence-corrected chi connectivity index (χ4v) is 8.42. The zero-order valence-electron chi connectivity index (χ0n) is 35.7. The van der Waals surface area contributed by atoms with Crippen LogP contribution in [0.15, 0.2) is 226 Å². The lowest BCUT2D eigenvalue weighted by Crippen LogP contribution is -2.02. The fraction of sp³-hybridized carbons (Fsp3) is 0.0345. The van der Waals surface area contributed by atoms with Gasteiger partial charge in [-0.2, -0.15) is 0 Å². The van der Waals surface area contributed by atoms with Crippen LogP contribution in [-0.2, 0) is 0 Å². The molecule has 0 saturated heterocycles. The van der Waals surface area contributed by atoms with Crippen molar-refractivity contribution in [3.63, 3.8) is 0 Å². The van der Waals surface area contributed by atoms with E-state index in [9.17, 15) is 0 Å². The Morgan fingerprint density at radius 2 is 0.758 bits per heavy atom. The average Bonchev–Trinajstić information content (AvgIpc) is 3.42. The Balaban J connectivity index is 0.768. The lowest BCUT2D eigenvalue weighted by atomic mass is 9.84. The number of aromatic nitrogens is 8. The molecule has 8 nitrogen and oxygen atoms in total. The van der Waals surface area contributed by atoms with Gasteiger partial charge in [0.05, 0.1) is 34.2 Å². The van der Waals surface area contributed by atoms with E-state index >= 15 is 0 Å². The van der Waals surface area contributed by atoms with Crippen molar-refractivity contribution in [1.82, 2.24) is 39.9 Å². The molecule has 0 saturated carbocycles. The van der Waals surface area contributed by atoms with Crippen molar-refractivity contribution in [2.24, 2.45) is 0 Å². The van der Waals surface area contributed by atoms with Crippen molar-refractivity contribution in [3.8, 4) is 89.7 Å². The smallest absolute Gasteiger partial charge is 0.0717 e. The van der Waals surface area contributed by atoms with Crippen LogP contribution < -0.4 is 0 Å². The van der Waals surface area contributed by atoms with Gasteiger partial charge in [-0.1, -0.05) is 72.8 Å². The van der Waals surface area contributed by atoms with Crippen LogP contribution in [0, 0.1) is 0 Å². The standard InChI is InChI=1S/C58H40N8/c1-2-10-52(42-6-4-8-44(32-42)54-20-14-48(36-64-54)58-22-16-50(38-66-58)56-18-12-46(34-62-56)40-25-29-60-30-26-40)51(9-1)41-5-3-7-43(31-41)53-19-13-47(35-63-53)57-21-15-49(37-65-57)55-17-11-45(33-61-55)39-23-27-59-28-24-39/h1-5,7-38,42H,6H2. The third kappa shape index (κ3) is 8.46. The topological polar surface area (TPSA) is 103 Å². The first-order valence-electron chi connectivity index (χ1n) is 21.9. The van der Waals surface area contributed by atoms with Gasteiger partial charge in [-0.25, -0.2) is 0 Å². The minimum absolute atomic E-state index is 0.186. The molecule has 2 aromatic carbocycles. The number of hydrogen-bond donors (Lipinski definition) is 0. The molecule has 66 heavy (non-hydrogen) atoms. The quantitative estimate of drug-likeness (QED) is 0.134. The first kappa shape index (κ1) is 39.9. The number of benzene rings is 2. The summed E-state index contributed by atoms with van der Waals surface area (Å²) >= 11 is 0. The maximum atomic E-state index is 4.91. The molecule has 1 aliphatic rings. The third-order valence-corrected chi connectivity index (χ3v) is 12.0. The van der Waals surface area contributed by atoms with E-state index in [0.717, 1.165) is 102 Å². The molecule has 0 fully saturated rings. The average molecular weight is 849 g/mol. The Bertz CT molecular complexity index is 3320. The largest absolute Gasteiger partial charge is 0.265 e. The lowest BCUT2D eigenvalue weighted by molar-refractivity contribution is 0.858. The molecule has 0 amide bonds. The Kier molecular flexibility index (Phi) is 10.9. The maximum absolute atomic E-state index is 4.91. The minimum Gasteiger partial charge on any atom is -0.265 e. The summed E-state index contributed by atoms with van der Waals surface area (Å²) < 4.78 is 0. The molecule has 1 atom stereocenters. The molecule has 8 heterocycles. The molecular weight excluding hydrogens is 809 g/mol. The van der Waals surface area contributed by atoms with Gasteiger partial charge in [0.15, 0.2) is 0 Å². The summed E-state index contributed by atoms with van der Waals surface area (Å²) in [4.78, 5) is 37.0. The number of allylic oxidation sites excluding steroid dienone is 4. The van der Waals surface area contributed by atoms with Gasteiger partial charge < -0.3 is 0 Å². The molecule has 0 N–H and O–H groups in total. The van der Waals surface area contributed by atoms with Crippen molar-refractivity contribution >= 4 is 5.57 Å². The summed E-state index contributed by atoms with van der Waals surface area (Å²) in [5.41, 5.74) is 19.2. The molecule has 0 spiro atoms. The molecule has 8 heteroatoms. The second-order valence-electron chi connectivity index (χ2n) is 16.1. The van der Waals surface area contributed by atoms with Crippen LogP contribution in [0.5, 0.6) is 0 Å². The molecule has 0 radical (unpaired) electrons. The van der Waals surface area contributed by atoms with Gasteiger partial charge in [0.1, 0.15) is 0 Å². The van der Waals surface area contributed by atoms with Crippen molar-refractivity contribution in [1.29, 1.82) is 0 Å². The van der Waals surface area contributed by atoms with E-state index in [2.05, 4.69) is 125 Å². The van der Waals surface area contributed by atoms with Crippen molar-refractivity contribution < 1.29 is 0 Å². The second-order valence-corrected chi connectivity index (χ2v) is 16.1. The molecule has 312 valence electrons. The molecular formula is C58H40N8. The van der Waals surface area contributed by atoms with Gasteiger partial charge in [-0.15, -0.1) is 0 Å². The summed E-state index contributed by atoms with van der Waals surface area (Å²) in [5, 5.41) is 0. The predicted octanol–water partition coefficient (Wildman–Crippen LogP) is 13.3. The van der Waals surface area contributed by atoms with E-state index in [0.29, 0.717) is 0 Å². The highest BCUT2D eigenvalue weighted by Crippen LogP contribution is 2.38. The van der Waals surface area contributed by atoms with E-state index < -0.39 is 0 Å². The molecule has 1 unspecified atom stereocenters. The Labute approximate surface area is 383 Å². The van der Waals surface area contributed by atoms with Gasteiger partial charge in [-0.3, -0.25) is 39.9 Å². The maximum Gasteiger partial charge on any atom is 0.0717 e. The molecule has 0 aliphatic heterocycles. The van der Waals surface area contributed by atoms with Gasteiger partial charge in [0.2, 0.25) is 0 Å². The van der Waals surface area contributed by atoms with Gasteiger partial charge in [-0.05, 0) is 131 Å². The number of nitrogens with zero attached hydrogens (tertiary/aromatic N) is 8. The lowest BCUT2D eigenvalue weighted by Gasteiger charge is -2.21. The molecule has 10 aromatic rings. The number of pyridine rings is 8. The SMILES string of the molecule is C1=CC(c2ccc(-c3ccc(-c4ccc(-c5ccncc5)cn4)cn3)cn2)=CC(c2ccccc2-c2cccc(-c3ccc(-c4ccc(-c5ccc(-c6ccncc6)cn5)cn4)cn3)c2)C1. The highest BCUT2D eigenvalue weighted by molar-refractivity contribution is 5.79. The van der Waals surface area contributed by atoms with Crippen molar-refractivity contribution in [3.05, 3.63) is 237 Å². The van der Waals surface area contributed by atoms with E-state index in [4.69, 9.17) is 29.9 Å². The van der Waals surface area contributed by atoms with Crippen LogP contribution in [0.3, 0.4) is 0 Å². The van der Waals surface area contributed by atoms with Crippen LogP contribution in [0.25, 0.3) is 95.2 Å². The fourth-order valence-electron chi connectivity index (χ4n) is 8.42. The van der Waals surface area contributed by atoms with E-state index in [-0.39, 0.29) is 5.92 Å². The first-order chi connectivity index (χ1) is 32.7. The van der Waals surface area contributed by atoms with E-state index in [1.807, 2.05) is 85.7 Å². The normalized spacial score (nSPS) is 13.3. The highest BCUT2D eigenvalue weighted by atomic mass is 14.7. The zero-order valence-corrected chi connectivity index (χ0v) is 35.7. The third-order valence-electron chi connectivity index (χ3n) is 12.0. The zero-order chi connectivity index (χ0) is 44.1. The molecule has 11 rings (SSSR count). The van der Waals surface area contributed by atoms with Crippen LogP contribution in [-0.4, -0.2) is 39.9 Å². The Morgan fingerprint density at radius 3 is 1.23 bits per heavy atom. The summed E-state index contributed by atoms with van der Waals surface area (Å²) in [7, 11) is 0. The van der Waals surface area contributed by atoms with E-state index in [1.54, 1.807) is 24.8 Å². The number of hydrogen-bond acceptors (Lipinski definition) is 8. The van der Waals surface area contributed by atoms with E-state index in [1.165, 1.54) is 11.1 Å². The summed E-state index contributed by atoms with van der Waals surface area (Å²) in [5.74, 6) is 0.186. The molecule has 1 aliphatic carbocycles. The highest BCUT2D eigenvalue weighted by Gasteiger charge is 2.18. The number of rotatable bonds is 10. The molecule has 8 aromatic heterocycles. The van der Waals surface area contributed by atoms with Gasteiger partial charge >= 0.3 is 0 Å². The monoisotopic (exact) mass is 848 g/mol. The van der Waals surface area contributed by atoms with Crippen LogP contribution in [0.1, 0.15) is 23.6 Å². The van der Waals surface area contributed by atoms with Crippen LogP contribution in [0.2, 0.25) is 0 Å². The summed E-state index contributed by atoms with van der Waals surface area (Å²) in [6.07, 6.45) is 26.2.